The lowest BCUT2D eigenvalue weighted by Crippen LogP contribution is -2.58. The van der Waals surface area contributed by atoms with E-state index in [0.29, 0.717) is 45.9 Å². The van der Waals surface area contributed by atoms with E-state index in [0.717, 1.165) is 16.0 Å². The van der Waals surface area contributed by atoms with Gasteiger partial charge in [0.2, 0.25) is 11.8 Å². The van der Waals surface area contributed by atoms with E-state index in [4.69, 9.17) is 29.4 Å². The number of fused-ring (bicyclic) bond motifs is 4. The van der Waals surface area contributed by atoms with Gasteiger partial charge in [-0.05, 0) is 88.2 Å². The molecule has 18 nitrogen and oxygen atoms in total. The predicted molar refractivity (Wildman–Crippen MR) is 273 cm³/mol. The normalized spacial score (nSPS) is 21.9. The maximum Gasteiger partial charge on any atom is 0.329 e. The van der Waals surface area contributed by atoms with Crippen LogP contribution < -0.4 is 35.5 Å². The van der Waals surface area contributed by atoms with E-state index >= 15 is 19.2 Å². The molecule has 2 fully saturated rings. The molecule has 5 aromatic rings. The molecule has 7 atom stereocenters. The molecule has 9 rings (SSSR count). The Hall–Kier alpha value is -8.40. The molecular formula is C57H58N6O12. The number of methoxy groups -OCH3 is 3. The molecule has 4 aliphatic rings. The van der Waals surface area contributed by atoms with Crippen LogP contribution in [0, 0.1) is 23.7 Å². The number of aliphatic hydroxyl groups is 1. The molecule has 4 aliphatic heterocycles. The van der Waals surface area contributed by atoms with Gasteiger partial charge in [-0.25, -0.2) is 19.3 Å². The number of amides is 6. The smallest absolute Gasteiger partial charge is 0.329 e. The minimum atomic E-state index is -2.19. The lowest BCUT2D eigenvalue weighted by Gasteiger charge is -2.46. The topological polar surface area (TPSA) is 229 Å². The number of primary amides is 1. The molecule has 0 bridgehead atoms. The van der Waals surface area contributed by atoms with Crippen molar-refractivity contribution in [2.24, 2.45) is 17.6 Å². The average molecular weight is 1020 g/mol. The number of carbonyl (C=O) groups excluding carboxylic acids is 6. The number of cyclic esters (lactones) is 1. The van der Waals surface area contributed by atoms with Crippen LogP contribution in [0.1, 0.15) is 71.0 Å². The second-order valence-electron chi connectivity index (χ2n) is 19.0. The van der Waals surface area contributed by atoms with Crippen LogP contribution in [0.4, 0.5) is 15.3 Å². The lowest BCUT2D eigenvalue weighted by molar-refractivity contribution is -0.179. The number of nitrogens with two attached hydrogens (primary N) is 1. The van der Waals surface area contributed by atoms with Crippen molar-refractivity contribution in [2.45, 2.75) is 62.5 Å². The van der Waals surface area contributed by atoms with Gasteiger partial charge in [-0.15, -0.1) is 0 Å². The summed E-state index contributed by atoms with van der Waals surface area (Å²) in [6.07, 6.45) is -0.625. The van der Waals surface area contributed by atoms with Crippen molar-refractivity contribution in [2.75, 3.05) is 52.5 Å². The van der Waals surface area contributed by atoms with Gasteiger partial charge in [-0.1, -0.05) is 98.5 Å². The van der Waals surface area contributed by atoms with Crippen molar-refractivity contribution in [3.63, 3.8) is 0 Å². The van der Waals surface area contributed by atoms with Crippen LogP contribution in [0.3, 0.4) is 0 Å². The number of anilines is 1. The molecule has 6 amide bonds. The zero-order chi connectivity index (χ0) is 53.1. The zero-order valence-corrected chi connectivity index (χ0v) is 42.1. The summed E-state index contributed by atoms with van der Waals surface area (Å²) >= 11 is 0. The Kier molecular flexibility index (Phi) is 14.8. The molecule has 0 aromatic heterocycles. The third-order valence-electron chi connectivity index (χ3n) is 14.5. The van der Waals surface area contributed by atoms with Gasteiger partial charge in [0.25, 0.3) is 0 Å². The van der Waals surface area contributed by atoms with E-state index in [1.54, 1.807) is 68.3 Å². The Bertz CT molecular complexity index is 3090. The summed E-state index contributed by atoms with van der Waals surface area (Å²) in [5, 5.41) is 15.1. The number of nitrogens with zero attached hydrogens (tertiary/aromatic N) is 3. The maximum atomic E-state index is 16.9. The molecule has 388 valence electrons. The van der Waals surface area contributed by atoms with Gasteiger partial charge in [-0.2, -0.15) is 0 Å². The summed E-state index contributed by atoms with van der Waals surface area (Å²) in [6.45, 7) is 3.13. The van der Waals surface area contributed by atoms with E-state index < -0.39 is 83.3 Å². The molecule has 0 aliphatic carbocycles. The molecule has 0 saturated carbocycles. The molecule has 5 aromatic carbocycles. The fourth-order valence-corrected chi connectivity index (χ4v) is 11.3. The molecule has 75 heavy (non-hydrogen) atoms. The van der Waals surface area contributed by atoms with Gasteiger partial charge in [0.05, 0.1) is 58.2 Å². The Labute approximate surface area is 434 Å². The Morgan fingerprint density at radius 1 is 0.840 bits per heavy atom. The first-order chi connectivity index (χ1) is 36.3. The molecule has 1 spiro atoms. The van der Waals surface area contributed by atoms with E-state index in [2.05, 4.69) is 22.5 Å². The summed E-state index contributed by atoms with van der Waals surface area (Å²) in [5.41, 5.74) is 7.15. The van der Waals surface area contributed by atoms with Crippen LogP contribution in [-0.4, -0.2) is 110 Å². The summed E-state index contributed by atoms with van der Waals surface area (Å²) in [4.78, 5) is 93.9. The number of aliphatic hydroxyl groups excluding tert-OH is 1. The fourth-order valence-electron chi connectivity index (χ4n) is 11.3. The molecule has 18 heteroatoms. The van der Waals surface area contributed by atoms with Crippen molar-refractivity contribution in [1.29, 1.82) is 0 Å². The number of nitrogens with one attached hydrogen (secondary N) is 2. The van der Waals surface area contributed by atoms with Crippen LogP contribution in [0.2, 0.25) is 0 Å². The summed E-state index contributed by atoms with van der Waals surface area (Å²) in [7, 11) is 4.26. The summed E-state index contributed by atoms with van der Waals surface area (Å²) < 4.78 is 29.1. The highest BCUT2D eigenvalue weighted by Crippen LogP contribution is 2.66. The fraction of sp³-hybridized carbons (Fsp3) is 0.333. The summed E-state index contributed by atoms with van der Waals surface area (Å²) in [5.74, 6) is 2.08. The number of hydrogen-bond donors (Lipinski definition) is 4. The highest BCUT2D eigenvalue weighted by Gasteiger charge is 2.76. The van der Waals surface area contributed by atoms with E-state index in [1.165, 1.54) is 14.2 Å². The third kappa shape index (κ3) is 9.33. The molecule has 5 N–H and O–H groups in total. The van der Waals surface area contributed by atoms with Crippen LogP contribution in [0.5, 0.6) is 17.2 Å². The van der Waals surface area contributed by atoms with Crippen LogP contribution in [0.25, 0.3) is 0 Å². The third-order valence-corrected chi connectivity index (χ3v) is 14.5. The number of esters is 2. The first-order valence-corrected chi connectivity index (χ1v) is 24.6. The second-order valence-corrected chi connectivity index (χ2v) is 19.0. The highest BCUT2D eigenvalue weighted by atomic mass is 16.6. The van der Waals surface area contributed by atoms with Crippen molar-refractivity contribution >= 4 is 41.5 Å². The minimum absolute atomic E-state index is 0.0472. The first-order valence-electron chi connectivity index (χ1n) is 24.6. The van der Waals surface area contributed by atoms with Crippen molar-refractivity contribution in [3.05, 3.63) is 154 Å². The Morgan fingerprint density at radius 3 is 2.17 bits per heavy atom. The first kappa shape index (κ1) is 51.5. The monoisotopic (exact) mass is 1020 g/mol. The molecule has 4 heterocycles. The van der Waals surface area contributed by atoms with Crippen LogP contribution in [-0.2, 0) is 47.0 Å². The quantitative estimate of drug-likeness (QED) is 0.0874. The lowest BCUT2D eigenvalue weighted by atomic mass is 9.64. The average Bonchev–Trinajstić information content (AvgIpc) is 3.88. The summed E-state index contributed by atoms with van der Waals surface area (Å²) in [6, 6.07) is 27.3. The number of urea groups is 2. The molecule has 0 radical (unpaired) electrons. The second kappa shape index (κ2) is 21.6. The standard InChI is InChI=1S/C57H58N6O12/c1-33(2)46(52(66)73-5)60-56(70)62-42-22-21-34(14-13-24-59-55(58)69)28-41(42)57(54(62)68)45(51(65)61-25-23-37-30-43(71-3)44(72-4)31-39(37)32-61)48-53(67)75-49(36-17-10-7-11-18-36)47(35-15-8-6-9-16-35)63(48)50(57)38-19-12-20-40(29-38)74-27-26-64/h6-12,15-22,28-31,33,45-50,64H,23-27,32H2,1-5H3,(H,60,70)(H3,58,59,69)/t45-,46+,47-,48-,49+,50+,57-/m1/s1. The van der Waals surface area contributed by atoms with Crippen LogP contribution >= 0.6 is 0 Å². The van der Waals surface area contributed by atoms with E-state index in [1.807, 2.05) is 77.7 Å². The number of ether oxygens (including phenoxy) is 5. The van der Waals surface area contributed by atoms with Gasteiger partial charge < -0.3 is 50.1 Å². The van der Waals surface area contributed by atoms with Gasteiger partial charge in [0, 0.05) is 18.7 Å². The van der Waals surface area contributed by atoms with Gasteiger partial charge in [0.15, 0.2) is 11.5 Å². The molecular weight excluding hydrogens is 961 g/mol. The van der Waals surface area contributed by atoms with E-state index in [9.17, 15) is 14.7 Å². The van der Waals surface area contributed by atoms with Crippen molar-refractivity contribution in [1.82, 2.24) is 20.4 Å². The Balaban J connectivity index is 1.36. The maximum absolute atomic E-state index is 16.9. The van der Waals surface area contributed by atoms with Crippen molar-refractivity contribution < 1.29 is 57.6 Å². The van der Waals surface area contributed by atoms with Gasteiger partial charge in [0.1, 0.15) is 36.0 Å². The largest absolute Gasteiger partial charge is 0.493 e. The molecule has 0 unspecified atom stereocenters. The highest BCUT2D eigenvalue weighted by molar-refractivity contribution is 6.25. The number of hydrogen-bond acceptors (Lipinski definition) is 13. The van der Waals surface area contributed by atoms with Crippen LogP contribution in [0.15, 0.2) is 115 Å². The molecule has 2 saturated heterocycles. The number of morpholine rings is 1. The van der Waals surface area contributed by atoms with Gasteiger partial charge >= 0.3 is 24.0 Å². The number of rotatable bonds is 13. The van der Waals surface area contributed by atoms with Gasteiger partial charge in [-0.3, -0.25) is 19.3 Å². The minimum Gasteiger partial charge on any atom is -0.493 e. The number of imide groups is 1. The van der Waals surface area contributed by atoms with E-state index in [-0.39, 0.29) is 44.1 Å². The number of benzene rings is 5. The van der Waals surface area contributed by atoms with Crippen molar-refractivity contribution in [3.8, 4) is 29.1 Å². The Morgan fingerprint density at radius 2 is 1.52 bits per heavy atom. The SMILES string of the molecule is COC(=O)[C@@H](NC(=O)N1C(=O)[C@@]2(c3cc(C#CCNC(N)=O)ccc31)[C@H](c1cccc(OCCO)c1)N1[C@H](c3ccccc3)[C@H](c3ccccc3)OC(=O)[C@H]1[C@@H]2C(=O)N1CCc2cc(OC)c(OC)cc2C1)C(C)C. The predicted octanol–water partition coefficient (Wildman–Crippen LogP) is 5.25. The zero-order valence-electron chi connectivity index (χ0n) is 42.1. The number of carbonyl (C=O) groups is 6.